The van der Waals surface area contributed by atoms with Crippen LogP contribution in [0.1, 0.15) is 15.9 Å². The summed E-state index contributed by atoms with van der Waals surface area (Å²) in [6.07, 6.45) is 0. The molecule has 0 amide bonds. The zero-order valence-corrected chi connectivity index (χ0v) is 10.5. The van der Waals surface area contributed by atoms with Crippen LogP contribution in [0.15, 0.2) is 24.3 Å². The summed E-state index contributed by atoms with van der Waals surface area (Å²) in [4.78, 5) is 10.8. The standard InChI is InChI=1S/C8H6O2.CH5P.2ClH/c9-8-7-4-2-1-3-6(7)5-10-8;1-2;;/h1-4H,5H2;2H2,1H3;2*1H. The lowest BCUT2D eigenvalue weighted by molar-refractivity contribution is 0.0535. The number of carbonyl (C=O) groups excluding carboxylic acids is 1. The van der Waals surface area contributed by atoms with Crippen LogP contribution < -0.4 is 0 Å². The van der Waals surface area contributed by atoms with E-state index in [1.165, 1.54) is 0 Å². The maximum absolute atomic E-state index is 10.8. The molecule has 1 aromatic rings. The Balaban J connectivity index is 0. The zero-order chi connectivity index (χ0) is 8.97. The lowest BCUT2D eigenvalue weighted by Gasteiger charge is -1.87. The highest BCUT2D eigenvalue weighted by molar-refractivity contribution is 7.15. The Morgan fingerprint density at radius 2 is 1.79 bits per heavy atom. The van der Waals surface area contributed by atoms with Crippen molar-refractivity contribution < 1.29 is 9.53 Å². The first kappa shape index (κ1) is 16.1. The van der Waals surface area contributed by atoms with Crippen LogP contribution in [0.5, 0.6) is 0 Å². The molecular formula is C9H13Cl2O2P. The molecule has 2 nitrogen and oxygen atoms in total. The Kier molecular flexibility index (Phi) is 9.28. The van der Waals surface area contributed by atoms with Crippen LogP contribution in [0, 0.1) is 0 Å². The molecule has 0 aromatic heterocycles. The third-order valence-electron chi connectivity index (χ3n) is 1.60. The van der Waals surface area contributed by atoms with E-state index in [2.05, 4.69) is 9.24 Å². The van der Waals surface area contributed by atoms with Gasteiger partial charge in [-0.15, -0.1) is 34.1 Å². The smallest absolute Gasteiger partial charge is 0.338 e. The Morgan fingerprint density at radius 1 is 1.21 bits per heavy atom. The molecule has 0 saturated carbocycles. The van der Waals surface area contributed by atoms with Crippen LogP contribution in [-0.2, 0) is 11.3 Å². The predicted octanol–water partition coefficient (Wildman–Crippen LogP) is 2.69. The van der Waals surface area contributed by atoms with Gasteiger partial charge in [-0.1, -0.05) is 24.9 Å². The van der Waals surface area contributed by atoms with Crippen molar-refractivity contribution in [3.05, 3.63) is 35.4 Å². The molecule has 1 atom stereocenters. The second-order valence-electron chi connectivity index (χ2n) is 2.23. The van der Waals surface area contributed by atoms with E-state index in [9.17, 15) is 4.79 Å². The van der Waals surface area contributed by atoms with Gasteiger partial charge in [-0.25, -0.2) is 4.79 Å². The molecule has 1 aliphatic heterocycles. The molecule has 0 radical (unpaired) electrons. The summed E-state index contributed by atoms with van der Waals surface area (Å²) in [5, 5.41) is 0. The van der Waals surface area contributed by atoms with E-state index >= 15 is 0 Å². The van der Waals surface area contributed by atoms with Crippen molar-refractivity contribution in [2.75, 3.05) is 6.66 Å². The SMILES string of the molecule is CP.Cl.Cl.O=C1OCc2ccccc21. The summed E-state index contributed by atoms with van der Waals surface area (Å²) in [6, 6.07) is 7.43. The van der Waals surface area contributed by atoms with E-state index in [0.717, 1.165) is 5.56 Å². The summed E-state index contributed by atoms with van der Waals surface area (Å²) >= 11 is 0. The summed E-state index contributed by atoms with van der Waals surface area (Å²) < 4.78 is 4.78. The summed E-state index contributed by atoms with van der Waals surface area (Å²) in [5.41, 5.74) is 1.70. The van der Waals surface area contributed by atoms with Crippen molar-refractivity contribution >= 4 is 40.0 Å². The highest BCUT2D eigenvalue weighted by atomic mass is 35.5. The molecule has 80 valence electrons. The lowest BCUT2D eigenvalue weighted by Crippen LogP contribution is -1.91. The average Bonchev–Trinajstić information content (AvgIpc) is 2.53. The monoisotopic (exact) mass is 254 g/mol. The predicted molar refractivity (Wildman–Crippen MR) is 65.7 cm³/mol. The highest BCUT2D eigenvalue weighted by Gasteiger charge is 2.18. The number of rotatable bonds is 0. The molecule has 5 heteroatoms. The normalized spacial score (nSPS) is 10.9. The molecule has 0 spiro atoms. The molecule has 0 N–H and O–H groups in total. The van der Waals surface area contributed by atoms with E-state index in [-0.39, 0.29) is 30.8 Å². The second-order valence-corrected chi connectivity index (χ2v) is 2.23. The van der Waals surface area contributed by atoms with Crippen LogP contribution >= 0.6 is 34.1 Å². The largest absolute Gasteiger partial charge is 0.457 e. The summed E-state index contributed by atoms with van der Waals surface area (Å²) in [5.74, 6) is -0.199. The first-order chi connectivity index (χ1) is 5.88. The fourth-order valence-electron chi connectivity index (χ4n) is 1.07. The lowest BCUT2D eigenvalue weighted by atomic mass is 10.1. The van der Waals surface area contributed by atoms with Crippen molar-refractivity contribution in [1.29, 1.82) is 0 Å². The van der Waals surface area contributed by atoms with Crippen LogP contribution in [-0.4, -0.2) is 12.6 Å². The van der Waals surface area contributed by atoms with E-state index in [4.69, 9.17) is 4.74 Å². The molecule has 0 bridgehead atoms. The Morgan fingerprint density at radius 3 is 2.36 bits per heavy atom. The fraction of sp³-hybridized carbons (Fsp3) is 0.222. The number of ether oxygens (including phenoxy) is 1. The molecule has 1 unspecified atom stereocenters. The maximum atomic E-state index is 10.8. The minimum absolute atomic E-state index is 0. The van der Waals surface area contributed by atoms with E-state index in [0.29, 0.717) is 12.2 Å². The van der Waals surface area contributed by atoms with Crippen LogP contribution in [0.2, 0.25) is 0 Å². The van der Waals surface area contributed by atoms with E-state index in [1.807, 2.05) is 24.9 Å². The van der Waals surface area contributed by atoms with Crippen LogP contribution in [0.25, 0.3) is 0 Å². The molecule has 0 aliphatic carbocycles. The van der Waals surface area contributed by atoms with Crippen LogP contribution in [0.4, 0.5) is 0 Å². The minimum Gasteiger partial charge on any atom is -0.457 e. The van der Waals surface area contributed by atoms with Gasteiger partial charge in [0.25, 0.3) is 0 Å². The quantitative estimate of drug-likeness (QED) is 0.526. The van der Waals surface area contributed by atoms with Gasteiger partial charge in [-0.2, -0.15) is 0 Å². The molecule has 1 aliphatic rings. The molecule has 0 saturated heterocycles. The summed E-state index contributed by atoms with van der Waals surface area (Å²) in [6.45, 7) is 2.36. The zero-order valence-electron chi connectivity index (χ0n) is 7.73. The number of hydrogen-bond acceptors (Lipinski definition) is 2. The molecular weight excluding hydrogens is 242 g/mol. The van der Waals surface area contributed by atoms with Gasteiger partial charge in [-0.05, 0) is 6.07 Å². The Hall–Kier alpha value is -0.300. The molecule has 0 fully saturated rings. The topological polar surface area (TPSA) is 26.3 Å². The van der Waals surface area contributed by atoms with Crippen molar-refractivity contribution in [1.82, 2.24) is 0 Å². The van der Waals surface area contributed by atoms with Crippen molar-refractivity contribution in [3.63, 3.8) is 0 Å². The number of esters is 1. The number of carbonyl (C=O) groups is 1. The van der Waals surface area contributed by atoms with E-state index < -0.39 is 0 Å². The Bertz CT molecular complexity index is 292. The number of cyclic esters (lactones) is 1. The van der Waals surface area contributed by atoms with E-state index in [1.54, 1.807) is 6.07 Å². The first-order valence-corrected chi connectivity index (χ1v) is 4.86. The van der Waals surface area contributed by atoms with Gasteiger partial charge < -0.3 is 4.74 Å². The number of benzene rings is 1. The molecule has 1 heterocycles. The van der Waals surface area contributed by atoms with Gasteiger partial charge in [0.1, 0.15) is 6.61 Å². The summed E-state index contributed by atoms with van der Waals surface area (Å²) in [7, 11) is 2.42. The highest BCUT2D eigenvalue weighted by Crippen LogP contribution is 2.17. The second kappa shape index (κ2) is 8.05. The molecule has 2 rings (SSSR count). The fourth-order valence-corrected chi connectivity index (χ4v) is 1.07. The number of halogens is 2. The van der Waals surface area contributed by atoms with Crippen molar-refractivity contribution in [2.24, 2.45) is 0 Å². The number of fused-ring (bicyclic) bond motifs is 1. The van der Waals surface area contributed by atoms with Gasteiger partial charge in [-0.3, -0.25) is 0 Å². The minimum atomic E-state index is -0.199. The van der Waals surface area contributed by atoms with Gasteiger partial charge in [0.2, 0.25) is 0 Å². The van der Waals surface area contributed by atoms with Gasteiger partial charge in [0.05, 0.1) is 5.56 Å². The molecule has 14 heavy (non-hydrogen) atoms. The van der Waals surface area contributed by atoms with Gasteiger partial charge in [0.15, 0.2) is 0 Å². The van der Waals surface area contributed by atoms with Crippen molar-refractivity contribution in [2.45, 2.75) is 6.61 Å². The van der Waals surface area contributed by atoms with Crippen molar-refractivity contribution in [3.8, 4) is 0 Å². The van der Waals surface area contributed by atoms with Crippen LogP contribution in [0.3, 0.4) is 0 Å². The van der Waals surface area contributed by atoms with Gasteiger partial charge in [0, 0.05) is 5.56 Å². The van der Waals surface area contributed by atoms with Gasteiger partial charge >= 0.3 is 5.97 Å². The average molecular weight is 255 g/mol. The Labute approximate surface area is 98.4 Å². The third kappa shape index (κ3) is 3.45. The number of hydrogen-bond donors (Lipinski definition) is 0. The maximum Gasteiger partial charge on any atom is 0.338 e. The molecule has 1 aromatic carbocycles. The first-order valence-electron chi connectivity index (χ1n) is 3.71. The third-order valence-corrected chi connectivity index (χ3v) is 1.60.